The van der Waals surface area contributed by atoms with E-state index in [-0.39, 0.29) is 6.61 Å². The van der Waals surface area contributed by atoms with Gasteiger partial charge < -0.3 is 10.8 Å². The highest BCUT2D eigenvalue weighted by Crippen LogP contribution is 2.27. The van der Waals surface area contributed by atoms with Crippen LogP contribution in [0.2, 0.25) is 5.02 Å². The quantitative estimate of drug-likeness (QED) is 0.800. The van der Waals surface area contributed by atoms with E-state index < -0.39 is 5.54 Å². The van der Waals surface area contributed by atoms with E-state index in [4.69, 9.17) is 17.3 Å². The van der Waals surface area contributed by atoms with E-state index in [2.05, 4.69) is 0 Å². The predicted octanol–water partition coefficient (Wildman–Crippen LogP) is 3.67. The smallest absolute Gasteiger partial charge is 0.0653 e. The topological polar surface area (TPSA) is 46.2 Å². The van der Waals surface area contributed by atoms with E-state index in [0.29, 0.717) is 6.42 Å². The van der Waals surface area contributed by atoms with Crippen LogP contribution in [-0.4, -0.2) is 17.5 Å². The summed E-state index contributed by atoms with van der Waals surface area (Å²) in [7, 11) is 0. The molecule has 4 heteroatoms. The number of aliphatic hydroxyl groups is 1. The molecule has 0 bridgehead atoms. The minimum absolute atomic E-state index is 0.0574. The number of hydrogen-bond donors (Lipinski definition) is 2. The average molecular weight is 308 g/mol. The second-order valence-corrected chi connectivity index (χ2v) is 6.34. The molecule has 0 heterocycles. The summed E-state index contributed by atoms with van der Waals surface area (Å²) in [5, 5.41) is 10.4. The zero-order chi connectivity index (χ0) is 14.4. The Hall–Kier alpha value is -1.00. The van der Waals surface area contributed by atoms with Crippen molar-refractivity contribution in [3.63, 3.8) is 0 Å². The minimum Gasteiger partial charge on any atom is -0.394 e. The van der Waals surface area contributed by atoms with Crippen molar-refractivity contribution >= 4 is 23.4 Å². The summed E-state index contributed by atoms with van der Waals surface area (Å²) < 4.78 is 0. The molecule has 0 saturated heterocycles. The summed E-state index contributed by atoms with van der Waals surface area (Å²) in [6.07, 6.45) is 0.709. The number of thioether (sulfide) groups is 1. The Morgan fingerprint density at radius 3 is 2.30 bits per heavy atom. The molecule has 0 radical (unpaired) electrons. The van der Waals surface area contributed by atoms with Crippen LogP contribution in [0.15, 0.2) is 59.5 Å². The van der Waals surface area contributed by atoms with Gasteiger partial charge >= 0.3 is 0 Å². The van der Waals surface area contributed by atoms with Crippen molar-refractivity contribution in [2.24, 2.45) is 5.73 Å². The van der Waals surface area contributed by atoms with Gasteiger partial charge in [-0.3, -0.25) is 0 Å². The summed E-state index contributed by atoms with van der Waals surface area (Å²) in [5.74, 6) is 0.841. The Labute approximate surface area is 129 Å². The third-order valence-electron chi connectivity index (χ3n) is 3.26. The maximum atomic E-state index is 9.62. The molecule has 0 aliphatic heterocycles. The highest BCUT2D eigenvalue weighted by molar-refractivity contribution is 7.99. The van der Waals surface area contributed by atoms with Gasteiger partial charge in [0, 0.05) is 15.7 Å². The van der Waals surface area contributed by atoms with E-state index in [0.717, 1.165) is 21.2 Å². The molecule has 0 aliphatic rings. The van der Waals surface area contributed by atoms with Gasteiger partial charge in [-0.05, 0) is 36.2 Å². The first-order chi connectivity index (χ1) is 9.64. The molecule has 106 valence electrons. The molecule has 1 atom stereocenters. The fourth-order valence-electron chi connectivity index (χ4n) is 1.97. The molecule has 3 N–H and O–H groups in total. The minimum atomic E-state index is -0.680. The average Bonchev–Trinajstić information content (AvgIpc) is 2.50. The lowest BCUT2D eigenvalue weighted by Crippen LogP contribution is -2.41. The molecule has 0 amide bonds. The van der Waals surface area contributed by atoms with E-state index >= 15 is 0 Å². The third kappa shape index (κ3) is 4.00. The van der Waals surface area contributed by atoms with Crippen molar-refractivity contribution in [1.29, 1.82) is 0 Å². The number of hydrogen-bond acceptors (Lipinski definition) is 3. The van der Waals surface area contributed by atoms with Crippen molar-refractivity contribution in [2.45, 2.75) is 16.9 Å². The van der Waals surface area contributed by atoms with Crippen LogP contribution in [0, 0.1) is 0 Å². The second kappa shape index (κ2) is 7.14. The maximum absolute atomic E-state index is 9.62. The van der Waals surface area contributed by atoms with E-state index in [9.17, 15) is 5.11 Å². The molecule has 2 aromatic carbocycles. The molecule has 20 heavy (non-hydrogen) atoms. The fraction of sp³-hybridized carbons (Fsp3) is 0.250. The third-order valence-corrected chi connectivity index (χ3v) is 4.53. The molecule has 0 spiro atoms. The van der Waals surface area contributed by atoms with Gasteiger partial charge in [0.25, 0.3) is 0 Å². The van der Waals surface area contributed by atoms with Crippen molar-refractivity contribution in [1.82, 2.24) is 0 Å². The molecule has 2 aromatic rings. The normalized spacial score (nSPS) is 13.9. The van der Waals surface area contributed by atoms with Gasteiger partial charge in [0.2, 0.25) is 0 Å². The monoisotopic (exact) mass is 307 g/mol. The summed E-state index contributed by atoms with van der Waals surface area (Å²) in [6, 6.07) is 17.5. The molecule has 0 fully saturated rings. The molecule has 0 aliphatic carbocycles. The highest BCUT2D eigenvalue weighted by Gasteiger charge is 2.25. The van der Waals surface area contributed by atoms with Crippen molar-refractivity contribution in [3.05, 3.63) is 65.2 Å². The van der Waals surface area contributed by atoms with Crippen molar-refractivity contribution in [3.8, 4) is 0 Å². The molecule has 1 unspecified atom stereocenters. The Morgan fingerprint density at radius 1 is 1.05 bits per heavy atom. The summed E-state index contributed by atoms with van der Waals surface area (Å²) in [6.45, 7) is -0.0574. The summed E-state index contributed by atoms with van der Waals surface area (Å²) >= 11 is 7.57. The number of rotatable bonds is 6. The van der Waals surface area contributed by atoms with Crippen LogP contribution in [0.5, 0.6) is 0 Å². The Kier molecular flexibility index (Phi) is 5.49. The molecule has 0 aromatic heterocycles. The molecule has 2 rings (SSSR count). The first-order valence-corrected chi connectivity index (χ1v) is 7.84. The molecular weight excluding hydrogens is 290 g/mol. The summed E-state index contributed by atoms with van der Waals surface area (Å²) in [4.78, 5) is 1.16. The maximum Gasteiger partial charge on any atom is 0.0653 e. The van der Waals surface area contributed by atoms with Crippen LogP contribution in [0.4, 0.5) is 0 Å². The highest BCUT2D eigenvalue weighted by atomic mass is 35.5. The van der Waals surface area contributed by atoms with Crippen molar-refractivity contribution < 1.29 is 5.11 Å². The van der Waals surface area contributed by atoms with Gasteiger partial charge in [-0.1, -0.05) is 41.9 Å². The lowest BCUT2D eigenvalue weighted by Gasteiger charge is -2.27. The molecule has 2 nitrogen and oxygen atoms in total. The Bertz CT molecular complexity index is 532. The zero-order valence-corrected chi connectivity index (χ0v) is 12.7. The van der Waals surface area contributed by atoms with Crippen LogP contribution in [0.25, 0.3) is 0 Å². The number of halogens is 1. The van der Waals surface area contributed by atoms with Gasteiger partial charge in [0.05, 0.1) is 12.1 Å². The SMILES string of the molecule is NC(CO)(CCSc1ccc(Cl)cc1)c1ccccc1. The van der Waals surface area contributed by atoms with E-state index in [1.807, 2.05) is 54.6 Å². The molecular formula is C16H18ClNOS. The first-order valence-electron chi connectivity index (χ1n) is 6.48. The number of aliphatic hydroxyl groups excluding tert-OH is 1. The van der Waals surface area contributed by atoms with E-state index in [1.165, 1.54) is 0 Å². The lowest BCUT2D eigenvalue weighted by atomic mass is 9.89. The lowest BCUT2D eigenvalue weighted by molar-refractivity contribution is 0.193. The summed E-state index contributed by atoms with van der Waals surface area (Å²) in [5.41, 5.74) is 6.61. The predicted molar refractivity (Wildman–Crippen MR) is 86.2 cm³/mol. The van der Waals surface area contributed by atoms with E-state index in [1.54, 1.807) is 11.8 Å². The Morgan fingerprint density at radius 2 is 1.70 bits per heavy atom. The van der Waals surface area contributed by atoms with Crippen LogP contribution in [0.1, 0.15) is 12.0 Å². The molecule has 0 saturated carbocycles. The van der Waals surface area contributed by atoms with Gasteiger partial charge in [0.15, 0.2) is 0 Å². The van der Waals surface area contributed by atoms with Gasteiger partial charge in [-0.2, -0.15) is 0 Å². The van der Waals surface area contributed by atoms with Gasteiger partial charge in [-0.25, -0.2) is 0 Å². The van der Waals surface area contributed by atoms with Crippen LogP contribution < -0.4 is 5.73 Å². The van der Waals surface area contributed by atoms with Crippen LogP contribution in [0.3, 0.4) is 0 Å². The number of benzene rings is 2. The number of nitrogens with two attached hydrogens (primary N) is 1. The zero-order valence-electron chi connectivity index (χ0n) is 11.1. The standard InChI is InChI=1S/C16H18ClNOS/c17-14-6-8-15(9-7-14)20-11-10-16(18,12-19)13-4-2-1-3-5-13/h1-9,19H,10-12,18H2. The van der Waals surface area contributed by atoms with Crippen LogP contribution in [-0.2, 0) is 5.54 Å². The van der Waals surface area contributed by atoms with Crippen molar-refractivity contribution in [2.75, 3.05) is 12.4 Å². The second-order valence-electron chi connectivity index (χ2n) is 4.73. The van der Waals surface area contributed by atoms with Gasteiger partial charge in [-0.15, -0.1) is 11.8 Å². The fourth-order valence-corrected chi connectivity index (χ4v) is 3.12. The first kappa shape index (κ1) is 15.4. The van der Waals surface area contributed by atoms with Crippen LogP contribution >= 0.6 is 23.4 Å². The largest absolute Gasteiger partial charge is 0.394 e. The Balaban J connectivity index is 1.96. The van der Waals surface area contributed by atoms with Gasteiger partial charge in [0.1, 0.15) is 0 Å².